The van der Waals surface area contributed by atoms with E-state index in [0.29, 0.717) is 45.3 Å². The molecule has 0 saturated carbocycles. The number of pyridine rings is 1. The number of imidazole rings is 1. The van der Waals surface area contributed by atoms with Gasteiger partial charge in [0.2, 0.25) is 0 Å². The maximum Gasteiger partial charge on any atom is 0.268 e. The van der Waals surface area contributed by atoms with Crippen LogP contribution in [0.1, 0.15) is 88.6 Å². The molecule has 0 unspecified atom stereocenters. The summed E-state index contributed by atoms with van der Waals surface area (Å²) < 4.78 is 75.4. The van der Waals surface area contributed by atoms with E-state index >= 15 is 0 Å². The van der Waals surface area contributed by atoms with E-state index in [0.717, 1.165) is 60.7 Å². The largest absolute Gasteiger partial charge is 0.510 e. The molecule has 0 N–H and O–H groups in total. The number of nitrogens with zero attached hydrogens (tertiary/aromatic N) is 4. The molecule has 11 rings (SSSR count). The van der Waals surface area contributed by atoms with Crippen LogP contribution >= 0.6 is 0 Å². The molecule has 3 heterocycles. The van der Waals surface area contributed by atoms with Gasteiger partial charge in [0, 0.05) is 47.0 Å². The molecule has 11 aromatic rings. The summed E-state index contributed by atoms with van der Waals surface area (Å²) in [7, 11) is 0. The molecule has 0 fully saturated rings. The van der Waals surface area contributed by atoms with E-state index in [-0.39, 0.29) is 49.5 Å². The van der Waals surface area contributed by atoms with Crippen LogP contribution in [0.25, 0.3) is 83.4 Å². The third kappa shape index (κ3) is 9.84. The zero-order valence-electron chi connectivity index (χ0n) is 49.5. The van der Waals surface area contributed by atoms with E-state index in [4.69, 9.17) is 16.6 Å². The van der Waals surface area contributed by atoms with Gasteiger partial charge < -0.3 is 13.9 Å². The number of para-hydroxylation sites is 3. The van der Waals surface area contributed by atoms with Crippen molar-refractivity contribution in [2.24, 2.45) is 5.41 Å². The van der Waals surface area contributed by atoms with Crippen molar-refractivity contribution < 1.29 is 40.0 Å². The molecule has 0 spiro atoms. The molecule has 8 aromatic carbocycles. The summed E-state index contributed by atoms with van der Waals surface area (Å²) in [6, 6.07) is 55.2. The van der Waals surface area contributed by atoms with Crippen LogP contribution in [-0.2, 0) is 38.3 Å². The number of ether oxygens (including phenoxy) is 1. The molecule has 366 valence electrons. The topological polar surface area (TPSA) is 35.9 Å². The van der Waals surface area contributed by atoms with E-state index in [1.54, 1.807) is 12.3 Å². The van der Waals surface area contributed by atoms with Crippen molar-refractivity contribution in [3.05, 3.63) is 223 Å². The fourth-order valence-electron chi connectivity index (χ4n) is 9.49. The van der Waals surface area contributed by atoms with Crippen LogP contribution in [0, 0.1) is 23.9 Å². The molecular weight excluding hydrogens is 1070 g/mol. The smallest absolute Gasteiger partial charge is 0.268 e. The molecule has 0 radical (unpaired) electrons. The SMILES string of the molecule is [2H]c1c([2H])c([2H])c(-c2cccc(-c3cc(C(C)(C)C)cc(C(C)(C)C)c3)c2-[n+]2[c-]n(-c3[c-]c(Oc4[c-]c5c(cc4)c4cc(-c6ccccc6)ccc4n5-c4cc(C([2H])([2H])C(C)(C)C)ccn4)ccc3)c3ccccc32)c([2H])c1[2H].[Pt]. The van der Waals surface area contributed by atoms with E-state index in [2.05, 4.69) is 109 Å². The van der Waals surface area contributed by atoms with E-state index in [1.165, 1.54) is 0 Å². The van der Waals surface area contributed by atoms with Gasteiger partial charge >= 0.3 is 0 Å². The number of rotatable bonds is 9. The Kier molecular flexibility index (Phi) is 10.9. The second kappa shape index (κ2) is 19.3. The summed E-state index contributed by atoms with van der Waals surface area (Å²) in [6.07, 6.45) is 3.66. The second-order valence-corrected chi connectivity index (χ2v) is 21.6. The van der Waals surface area contributed by atoms with Gasteiger partial charge in [-0.2, -0.15) is 18.2 Å². The van der Waals surface area contributed by atoms with Crippen molar-refractivity contribution in [2.75, 3.05) is 0 Å². The molecule has 0 saturated heterocycles. The summed E-state index contributed by atoms with van der Waals surface area (Å²) in [5.41, 5.74) is 10.4. The number of hydrogen-bond donors (Lipinski definition) is 0. The molecule has 3 aromatic heterocycles. The molecule has 73 heavy (non-hydrogen) atoms. The average Bonchev–Trinajstić information content (AvgIpc) is 3.97. The summed E-state index contributed by atoms with van der Waals surface area (Å²) in [5, 5.41) is 1.90. The number of fused-ring (bicyclic) bond motifs is 4. The van der Waals surface area contributed by atoms with Crippen LogP contribution in [0.2, 0.25) is 0 Å². The Morgan fingerprint density at radius 2 is 1.27 bits per heavy atom. The van der Waals surface area contributed by atoms with Gasteiger partial charge in [-0.05, 0) is 102 Å². The molecule has 0 aliphatic heterocycles. The molecule has 5 nitrogen and oxygen atoms in total. The van der Waals surface area contributed by atoms with Gasteiger partial charge in [0.15, 0.2) is 0 Å². The first-order chi connectivity index (χ1) is 37.4. The van der Waals surface area contributed by atoms with Crippen LogP contribution in [0.3, 0.4) is 0 Å². The van der Waals surface area contributed by atoms with Crippen molar-refractivity contribution in [1.29, 1.82) is 0 Å². The third-order valence-corrected chi connectivity index (χ3v) is 13.0. The number of benzene rings is 8. The predicted molar refractivity (Wildman–Crippen MR) is 297 cm³/mol. The van der Waals surface area contributed by atoms with Crippen molar-refractivity contribution in [2.45, 2.75) is 79.5 Å². The van der Waals surface area contributed by atoms with Crippen molar-refractivity contribution >= 4 is 32.8 Å². The number of aromatic nitrogens is 4. The molecule has 0 bridgehead atoms. The van der Waals surface area contributed by atoms with Gasteiger partial charge in [-0.15, -0.1) is 29.7 Å². The van der Waals surface area contributed by atoms with Crippen molar-refractivity contribution in [3.8, 4) is 62.1 Å². The van der Waals surface area contributed by atoms with E-state index < -0.39 is 29.9 Å². The van der Waals surface area contributed by atoms with Crippen molar-refractivity contribution in [1.82, 2.24) is 14.1 Å². The van der Waals surface area contributed by atoms with Crippen LogP contribution in [-0.4, -0.2) is 14.1 Å². The molecule has 0 amide bonds. The standard InChI is InChI=1S/C67H60N4O.Pt/c1-65(2,3)43-45-34-35-68-63(36-45)71-59-33-30-48(46-20-12-10-13-21-46)39-58(59)57-32-31-54(42-62(57)71)72-53-25-18-24-52(41-53)69-44-70(61-29-17-16-28-60(61)69)64-55(47-22-14-11-15-23-47)26-19-27-56(64)49-37-50(66(4,5)6)40-51(38-49)67(7,8)9;/h10-40H,43H2,1-9H3;/q-2;/i11D,14D,15D,22D,23D,43D2;. The van der Waals surface area contributed by atoms with E-state index in [1.807, 2.05) is 132 Å². The fourth-order valence-corrected chi connectivity index (χ4v) is 9.49. The monoisotopic (exact) mass is 1140 g/mol. The molecule has 0 atom stereocenters. The summed E-state index contributed by atoms with van der Waals surface area (Å²) >= 11 is 0. The quantitative estimate of drug-likeness (QED) is 0.107. The van der Waals surface area contributed by atoms with Crippen LogP contribution in [0.4, 0.5) is 0 Å². The summed E-state index contributed by atoms with van der Waals surface area (Å²) in [6.45, 7) is 18.9. The zero-order valence-corrected chi connectivity index (χ0v) is 44.8. The van der Waals surface area contributed by atoms with Gasteiger partial charge in [0.05, 0.1) is 23.6 Å². The Bertz CT molecular complexity index is 4160. The van der Waals surface area contributed by atoms with Crippen LogP contribution < -0.4 is 9.30 Å². The van der Waals surface area contributed by atoms with Gasteiger partial charge in [-0.3, -0.25) is 4.57 Å². The normalized spacial score (nSPS) is 13.7. The Balaban J connectivity index is 0.00000720. The first-order valence-electron chi connectivity index (χ1n) is 28.0. The van der Waals surface area contributed by atoms with Gasteiger partial charge in [0.25, 0.3) is 6.33 Å². The van der Waals surface area contributed by atoms with Crippen molar-refractivity contribution in [3.63, 3.8) is 0 Å². The molecule has 0 aliphatic rings. The average molecular weight is 1140 g/mol. The van der Waals surface area contributed by atoms with Gasteiger partial charge in [-0.25, -0.2) is 4.98 Å². The minimum Gasteiger partial charge on any atom is -0.510 e. The van der Waals surface area contributed by atoms with Gasteiger partial charge in [-0.1, -0.05) is 201 Å². The summed E-state index contributed by atoms with van der Waals surface area (Å²) in [4.78, 5) is 4.84. The second-order valence-electron chi connectivity index (χ2n) is 21.6. The molecular formula is C67H60N4OPt-2. The maximum absolute atomic E-state index is 9.24. The minimum absolute atomic E-state index is 0. The Morgan fingerprint density at radius 3 is 2.00 bits per heavy atom. The Morgan fingerprint density at radius 1 is 0.589 bits per heavy atom. The van der Waals surface area contributed by atoms with Crippen LogP contribution in [0.5, 0.6) is 11.5 Å². The van der Waals surface area contributed by atoms with E-state index in [9.17, 15) is 2.74 Å². The fraction of sp³-hybridized carbons (Fsp3) is 0.194. The minimum atomic E-state index is -1.66. The van der Waals surface area contributed by atoms with Crippen LogP contribution in [0.15, 0.2) is 188 Å². The first kappa shape index (κ1) is 41.2. The predicted octanol–water partition coefficient (Wildman–Crippen LogP) is 16.8. The Labute approximate surface area is 454 Å². The molecule has 0 aliphatic carbocycles. The zero-order chi connectivity index (χ0) is 56.1. The summed E-state index contributed by atoms with van der Waals surface area (Å²) in [5.74, 6) is 1.39. The first-order valence-corrected chi connectivity index (χ1v) is 24.5. The Hall–Kier alpha value is -7.33. The third-order valence-electron chi connectivity index (χ3n) is 13.0. The number of hydrogen-bond acceptors (Lipinski definition) is 2. The molecule has 6 heteroatoms. The van der Waals surface area contributed by atoms with Gasteiger partial charge in [0.1, 0.15) is 5.82 Å². The maximum atomic E-state index is 9.24.